The standard InChI is InChI=1S/C16H24O6Si/c1-18-16(17)11-8-14-6-9-15(10-7-14)22-12-5-13-23(19-2,20-3)21-4/h6-11H,5,12-13H2,1-4H3. The monoisotopic (exact) mass is 340 g/mol. The van der Waals surface area contributed by atoms with Gasteiger partial charge in [-0.05, 0) is 30.2 Å². The molecular weight excluding hydrogens is 316 g/mol. The van der Waals surface area contributed by atoms with Gasteiger partial charge in [0.2, 0.25) is 0 Å². The van der Waals surface area contributed by atoms with E-state index in [9.17, 15) is 4.79 Å². The molecule has 0 fully saturated rings. The largest absolute Gasteiger partial charge is 0.500 e. The number of ether oxygens (including phenoxy) is 2. The summed E-state index contributed by atoms with van der Waals surface area (Å²) in [5, 5.41) is 0. The predicted molar refractivity (Wildman–Crippen MR) is 89.2 cm³/mol. The minimum atomic E-state index is -2.52. The maximum atomic E-state index is 11.0. The molecule has 1 aromatic rings. The van der Waals surface area contributed by atoms with E-state index in [2.05, 4.69) is 4.74 Å². The quantitative estimate of drug-likeness (QED) is 0.282. The van der Waals surface area contributed by atoms with E-state index in [0.29, 0.717) is 12.7 Å². The topological polar surface area (TPSA) is 63.2 Å². The maximum absolute atomic E-state index is 11.0. The second-order valence-electron chi connectivity index (χ2n) is 4.67. The Morgan fingerprint density at radius 1 is 1.04 bits per heavy atom. The van der Waals surface area contributed by atoms with E-state index < -0.39 is 8.80 Å². The van der Waals surface area contributed by atoms with Crippen molar-refractivity contribution in [3.05, 3.63) is 35.9 Å². The fourth-order valence-corrected chi connectivity index (χ4v) is 3.63. The Balaban J connectivity index is 2.41. The van der Waals surface area contributed by atoms with Crippen LogP contribution in [0, 0.1) is 0 Å². The maximum Gasteiger partial charge on any atom is 0.500 e. The van der Waals surface area contributed by atoms with E-state index in [-0.39, 0.29) is 5.97 Å². The molecule has 0 atom stereocenters. The average Bonchev–Trinajstić information content (AvgIpc) is 2.61. The van der Waals surface area contributed by atoms with E-state index in [0.717, 1.165) is 17.7 Å². The van der Waals surface area contributed by atoms with Gasteiger partial charge >= 0.3 is 14.8 Å². The second-order valence-corrected chi connectivity index (χ2v) is 7.76. The summed E-state index contributed by atoms with van der Waals surface area (Å²) in [4.78, 5) is 11.0. The van der Waals surface area contributed by atoms with Crippen molar-refractivity contribution in [3.8, 4) is 5.75 Å². The Morgan fingerprint density at radius 2 is 1.65 bits per heavy atom. The predicted octanol–water partition coefficient (Wildman–Crippen LogP) is 2.52. The molecule has 0 amide bonds. The Morgan fingerprint density at radius 3 is 2.17 bits per heavy atom. The normalized spacial score (nSPS) is 11.7. The zero-order chi connectivity index (χ0) is 17.1. The third-order valence-corrected chi connectivity index (χ3v) is 6.15. The number of carbonyl (C=O) groups excluding carboxylic acids is 1. The molecule has 1 aromatic carbocycles. The Labute approximate surface area is 138 Å². The summed E-state index contributed by atoms with van der Waals surface area (Å²) >= 11 is 0. The number of benzene rings is 1. The van der Waals surface area contributed by atoms with Crippen LogP contribution in [0.15, 0.2) is 30.3 Å². The summed E-state index contributed by atoms with van der Waals surface area (Å²) in [7, 11) is 3.62. The molecule has 0 aliphatic carbocycles. The number of esters is 1. The van der Waals surface area contributed by atoms with Crippen LogP contribution in [0.3, 0.4) is 0 Å². The number of rotatable bonds is 10. The third-order valence-electron chi connectivity index (χ3n) is 3.32. The molecule has 128 valence electrons. The lowest BCUT2D eigenvalue weighted by Gasteiger charge is -2.24. The second kappa shape index (κ2) is 10.2. The van der Waals surface area contributed by atoms with Gasteiger partial charge in [-0.1, -0.05) is 12.1 Å². The summed E-state index contributed by atoms with van der Waals surface area (Å²) in [6.07, 6.45) is 3.83. The molecule has 23 heavy (non-hydrogen) atoms. The van der Waals surface area contributed by atoms with Gasteiger partial charge in [-0.3, -0.25) is 0 Å². The number of carbonyl (C=O) groups is 1. The molecule has 6 nitrogen and oxygen atoms in total. The summed E-state index contributed by atoms with van der Waals surface area (Å²) in [6.45, 7) is 0.544. The van der Waals surface area contributed by atoms with Gasteiger partial charge in [0, 0.05) is 33.4 Å². The van der Waals surface area contributed by atoms with Crippen LogP contribution >= 0.6 is 0 Å². The van der Waals surface area contributed by atoms with Crippen molar-refractivity contribution >= 4 is 20.8 Å². The number of hydrogen-bond acceptors (Lipinski definition) is 6. The molecule has 0 aliphatic rings. The lowest BCUT2D eigenvalue weighted by Crippen LogP contribution is -2.42. The van der Waals surface area contributed by atoms with Gasteiger partial charge in [0.05, 0.1) is 13.7 Å². The molecule has 1 rings (SSSR count). The van der Waals surface area contributed by atoms with Crippen molar-refractivity contribution in [2.75, 3.05) is 35.0 Å². The number of methoxy groups -OCH3 is 1. The van der Waals surface area contributed by atoms with Crippen molar-refractivity contribution in [2.24, 2.45) is 0 Å². The highest BCUT2D eigenvalue weighted by molar-refractivity contribution is 6.60. The molecule has 0 N–H and O–H groups in total. The highest BCUT2D eigenvalue weighted by Gasteiger charge is 2.36. The lowest BCUT2D eigenvalue weighted by molar-refractivity contribution is -0.134. The van der Waals surface area contributed by atoms with E-state index in [1.807, 2.05) is 24.3 Å². The van der Waals surface area contributed by atoms with Gasteiger partial charge in [-0.15, -0.1) is 0 Å². The van der Waals surface area contributed by atoms with Crippen LogP contribution in [-0.4, -0.2) is 49.8 Å². The first-order chi connectivity index (χ1) is 11.1. The zero-order valence-corrected chi connectivity index (χ0v) is 15.0. The minimum absolute atomic E-state index is 0.382. The van der Waals surface area contributed by atoms with E-state index in [1.54, 1.807) is 27.4 Å². The van der Waals surface area contributed by atoms with Gasteiger partial charge in [0.1, 0.15) is 5.75 Å². The first-order valence-electron chi connectivity index (χ1n) is 7.23. The van der Waals surface area contributed by atoms with Gasteiger partial charge in [0.25, 0.3) is 0 Å². The lowest BCUT2D eigenvalue weighted by atomic mass is 10.2. The van der Waals surface area contributed by atoms with Crippen molar-refractivity contribution in [2.45, 2.75) is 12.5 Å². The van der Waals surface area contributed by atoms with E-state index in [1.165, 1.54) is 13.2 Å². The summed E-state index contributed by atoms with van der Waals surface area (Å²) < 4.78 is 26.3. The molecule has 0 bridgehead atoms. The van der Waals surface area contributed by atoms with Crippen LogP contribution in [0.4, 0.5) is 0 Å². The minimum Gasteiger partial charge on any atom is -0.494 e. The Hall–Kier alpha value is -1.67. The molecule has 0 aromatic heterocycles. The van der Waals surface area contributed by atoms with Gasteiger partial charge in [-0.2, -0.15) is 0 Å². The molecule has 0 unspecified atom stereocenters. The molecular formula is C16H24O6Si. The van der Waals surface area contributed by atoms with Crippen LogP contribution in [0.2, 0.25) is 6.04 Å². The highest BCUT2D eigenvalue weighted by Crippen LogP contribution is 2.17. The summed E-state index contributed by atoms with van der Waals surface area (Å²) in [5.41, 5.74) is 0.896. The van der Waals surface area contributed by atoms with Crippen LogP contribution in [0.5, 0.6) is 5.75 Å². The molecule has 0 saturated carbocycles. The summed E-state index contributed by atoms with van der Waals surface area (Å²) in [5.74, 6) is 0.382. The highest BCUT2D eigenvalue weighted by atomic mass is 28.4. The average molecular weight is 340 g/mol. The van der Waals surface area contributed by atoms with Gasteiger partial charge in [0.15, 0.2) is 0 Å². The molecule has 0 spiro atoms. The smallest absolute Gasteiger partial charge is 0.494 e. The van der Waals surface area contributed by atoms with Crippen LogP contribution in [0.1, 0.15) is 12.0 Å². The fourth-order valence-electron chi connectivity index (χ4n) is 1.94. The van der Waals surface area contributed by atoms with E-state index in [4.69, 9.17) is 18.0 Å². The van der Waals surface area contributed by atoms with Crippen molar-refractivity contribution < 1.29 is 27.5 Å². The molecule has 0 saturated heterocycles. The van der Waals surface area contributed by atoms with Gasteiger partial charge in [-0.25, -0.2) is 4.79 Å². The van der Waals surface area contributed by atoms with Crippen molar-refractivity contribution in [1.29, 1.82) is 0 Å². The molecule has 7 heteroatoms. The summed E-state index contributed by atoms with van der Waals surface area (Å²) in [6, 6.07) is 8.13. The molecule has 0 radical (unpaired) electrons. The third kappa shape index (κ3) is 6.53. The van der Waals surface area contributed by atoms with Gasteiger partial charge < -0.3 is 22.8 Å². The SMILES string of the molecule is COC(=O)C=Cc1ccc(OCCC[Si](OC)(OC)OC)cc1. The van der Waals surface area contributed by atoms with Crippen LogP contribution in [-0.2, 0) is 22.8 Å². The Kier molecular flexibility index (Phi) is 8.56. The first kappa shape index (κ1) is 19.4. The molecule has 0 aliphatic heterocycles. The van der Waals surface area contributed by atoms with E-state index >= 15 is 0 Å². The number of hydrogen-bond donors (Lipinski definition) is 0. The fraction of sp³-hybridized carbons (Fsp3) is 0.438. The Bertz CT molecular complexity index is 488. The molecule has 0 heterocycles. The zero-order valence-electron chi connectivity index (χ0n) is 14.0. The van der Waals surface area contributed by atoms with Crippen molar-refractivity contribution in [1.82, 2.24) is 0 Å². The van der Waals surface area contributed by atoms with Crippen molar-refractivity contribution in [3.63, 3.8) is 0 Å². The first-order valence-corrected chi connectivity index (χ1v) is 9.16. The van der Waals surface area contributed by atoms with Crippen LogP contribution in [0.25, 0.3) is 6.08 Å². The van der Waals surface area contributed by atoms with Crippen LogP contribution < -0.4 is 4.74 Å².